The van der Waals surface area contributed by atoms with Crippen LogP contribution in [-0.4, -0.2) is 18.7 Å². The molecule has 0 amide bonds. The van der Waals surface area contributed by atoms with Gasteiger partial charge in [0.1, 0.15) is 5.15 Å². The van der Waals surface area contributed by atoms with E-state index in [0.717, 1.165) is 6.61 Å². The van der Waals surface area contributed by atoms with Crippen molar-refractivity contribution in [3.8, 4) is 0 Å². The number of rotatable bonds is 3. The van der Waals surface area contributed by atoms with E-state index < -0.39 is 0 Å². The van der Waals surface area contributed by atoms with E-state index in [0.29, 0.717) is 5.15 Å². The van der Waals surface area contributed by atoms with Crippen molar-refractivity contribution in [3.05, 3.63) is 29.0 Å². The predicted molar refractivity (Wildman–Crippen MR) is 52.0 cm³/mol. The van der Waals surface area contributed by atoms with Crippen LogP contribution in [-0.2, 0) is 10.2 Å². The fourth-order valence-corrected chi connectivity index (χ4v) is 1.74. The molecule has 0 atom stereocenters. The zero-order chi connectivity index (χ0) is 9.31. The maximum absolute atomic E-state index is 5.72. The standard InChI is InChI=1S/C10H12ClNO/c1-13-7-10(4-5-10)8-2-3-9(11)12-6-8/h2-3,6H,4-5,7H2,1H3. The highest BCUT2D eigenvalue weighted by Crippen LogP contribution is 2.48. The summed E-state index contributed by atoms with van der Waals surface area (Å²) in [4.78, 5) is 4.08. The number of hydrogen-bond donors (Lipinski definition) is 0. The van der Waals surface area contributed by atoms with Crippen molar-refractivity contribution in [2.75, 3.05) is 13.7 Å². The number of halogens is 1. The first-order valence-electron chi connectivity index (χ1n) is 4.38. The van der Waals surface area contributed by atoms with Gasteiger partial charge in [-0.25, -0.2) is 4.98 Å². The van der Waals surface area contributed by atoms with Crippen molar-refractivity contribution in [3.63, 3.8) is 0 Å². The summed E-state index contributed by atoms with van der Waals surface area (Å²) in [5.41, 5.74) is 1.49. The Kier molecular flexibility index (Phi) is 2.26. The number of hydrogen-bond acceptors (Lipinski definition) is 2. The molecule has 1 saturated carbocycles. The van der Waals surface area contributed by atoms with E-state index in [9.17, 15) is 0 Å². The van der Waals surface area contributed by atoms with E-state index in [1.807, 2.05) is 18.3 Å². The molecule has 0 unspecified atom stereocenters. The normalized spacial score (nSPS) is 18.6. The summed E-state index contributed by atoms with van der Waals surface area (Å²) in [5.74, 6) is 0. The Bertz CT molecular complexity index is 292. The quantitative estimate of drug-likeness (QED) is 0.695. The van der Waals surface area contributed by atoms with Crippen molar-refractivity contribution in [2.24, 2.45) is 0 Å². The molecule has 1 fully saturated rings. The monoisotopic (exact) mass is 197 g/mol. The topological polar surface area (TPSA) is 22.1 Å². The van der Waals surface area contributed by atoms with Gasteiger partial charge in [-0.1, -0.05) is 17.7 Å². The number of ether oxygens (including phenoxy) is 1. The number of pyridine rings is 1. The summed E-state index contributed by atoms with van der Waals surface area (Å²) >= 11 is 5.72. The molecule has 1 aromatic rings. The summed E-state index contributed by atoms with van der Waals surface area (Å²) in [5, 5.41) is 0.553. The Balaban J connectivity index is 2.20. The zero-order valence-corrected chi connectivity index (χ0v) is 8.34. The highest BCUT2D eigenvalue weighted by Gasteiger charge is 2.44. The van der Waals surface area contributed by atoms with Gasteiger partial charge in [0.15, 0.2) is 0 Å². The van der Waals surface area contributed by atoms with Gasteiger partial charge in [-0.15, -0.1) is 0 Å². The van der Waals surface area contributed by atoms with Gasteiger partial charge in [0.25, 0.3) is 0 Å². The van der Waals surface area contributed by atoms with Crippen LogP contribution < -0.4 is 0 Å². The van der Waals surface area contributed by atoms with Crippen molar-refractivity contribution in [2.45, 2.75) is 18.3 Å². The predicted octanol–water partition coefficient (Wildman–Crippen LogP) is 2.41. The molecular weight excluding hydrogens is 186 g/mol. The molecule has 0 spiro atoms. The second kappa shape index (κ2) is 3.28. The third-order valence-corrected chi connectivity index (χ3v) is 2.84. The minimum absolute atomic E-state index is 0.242. The van der Waals surface area contributed by atoms with Crippen LogP contribution in [0.4, 0.5) is 0 Å². The molecular formula is C10H12ClNO. The van der Waals surface area contributed by atoms with Gasteiger partial charge < -0.3 is 4.74 Å². The van der Waals surface area contributed by atoms with Crippen LogP contribution in [0.3, 0.4) is 0 Å². The second-order valence-electron chi connectivity index (χ2n) is 3.58. The van der Waals surface area contributed by atoms with E-state index in [4.69, 9.17) is 16.3 Å². The molecule has 0 aromatic carbocycles. The average molecular weight is 198 g/mol. The molecule has 0 bridgehead atoms. The van der Waals surface area contributed by atoms with E-state index in [1.165, 1.54) is 18.4 Å². The second-order valence-corrected chi connectivity index (χ2v) is 3.97. The lowest BCUT2D eigenvalue weighted by molar-refractivity contribution is 0.171. The van der Waals surface area contributed by atoms with E-state index in [1.54, 1.807) is 7.11 Å². The van der Waals surface area contributed by atoms with E-state index >= 15 is 0 Å². The molecule has 0 N–H and O–H groups in total. The Morgan fingerprint density at radius 2 is 2.31 bits per heavy atom. The maximum Gasteiger partial charge on any atom is 0.129 e. The number of nitrogens with zero attached hydrogens (tertiary/aromatic N) is 1. The molecule has 3 heteroatoms. The molecule has 2 nitrogen and oxygen atoms in total. The van der Waals surface area contributed by atoms with Gasteiger partial charge in [-0.2, -0.15) is 0 Å². The first kappa shape index (κ1) is 8.97. The van der Waals surface area contributed by atoms with Gasteiger partial charge in [0.05, 0.1) is 6.61 Å². The molecule has 1 aromatic heterocycles. The van der Waals surface area contributed by atoms with Gasteiger partial charge in [-0.05, 0) is 24.5 Å². The maximum atomic E-state index is 5.72. The minimum atomic E-state index is 0.242. The Morgan fingerprint density at radius 1 is 1.54 bits per heavy atom. The van der Waals surface area contributed by atoms with Crippen LogP contribution >= 0.6 is 11.6 Å². The average Bonchev–Trinajstić information content (AvgIpc) is 2.87. The Morgan fingerprint density at radius 3 is 2.77 bits per heavy atom. The van der Waals surface area contributed by atoms with E-state index in [-0.39, 0.29) is 5.41 Å². The third kappa shape index (κ3) is 1.69. The van der Waals surface area contributed by atoms with Crippen molar-refractivity contribution in [1.29, 1.82) is 0 Å². The minimum Gasteiger partial charge on any atom is -0.384 e. The van der Waals surface area contributed by atoms with Gasteiger partial charge >= 0.3 is 0 Å². The van der Waals surface area contributed by atoms with Crippen molar-refractivity contribution < 1.29 is 4.74 Å². The zero-order valence-electron chi connectivity index (χ0n) is 7.59. The highest BCUT2D eigenvalue weighted by molar-refractivity contribution is 6.29. The number of methoxy groups -OCH3 is 1. The molecule has 70 valence electrons. The van der Waals surface area contributed by atoms with Crippen LogP contribution in [0, 0.1) is 0 Å². The Hall–Kier alpha value is -0.600. The van der Waals surface area contributed by atoms with Crippen LogP contribution in [0.5, 0.6) is 0 Å². The van der Waals surface area contributed by atoms with Crippen LogP contribution in [0.15, 0.2) is 18.3 Å². The Labute approximate surface area is 82.9 Å². The smallest absolute Gasteiger partial charge is 0.129 e. The first-order chi connectivity index (χ1) is 6.27. The summed E-state index contributed by atoms with van der Waals surface area (Å²) in [6.45, 7) is 0.788. The largest absolute Gasteiger partial charge is 0.384 e. The molecule has 0 aliphatic heterocycles. The lowest BCUT2D eigenvalue weighted by Crippen LogP contribution is -2.13. The van der Waals surface area contributed by atoms with Gasteiger partial charge in [-0.3, -0.25) is 0 Å². The molecule has 1 aliphatic carbocycles. The van der Waals surface area contributed by atoms with Gasteiger partial charge in [0.2, 0.25) is 0 Å². The molecule has 0 radical (unpaired) electrons. The third-order valence-electron chi connectivity index (χ3n) is 2.61. The summed E-state index contributed by atoms with van der Waals surface area (Å²) in [6, 6.07) is 3.88. The van der Waals surface area contributed by atoms with Crippen LogP contribution in [0.2, 0.25) is 5.15 Å². The summed E-state index contributed by atoms with van der Waals surface area (Å²) in [6.07, 6.45) is 4.25. The summed E-state index contributed by atoms with van der Waals surface area (Å²) in [7, 11) is 1.74. The lowest BCUT2D eigenvalue weighted by Gasteiger charge is -2.13. The van der Waals surface area contributed by atoms with E-state index in [2.05, 4.69) is 4.98 Å². The fraction of sp³-hybridized carbons (Fsp3) is 0.500. The van der Waals surface area contributed by atoms with Crippen LogP contribution in [0.1, 0.15) is 18.4 Å². The fourth-order valence-electron chi connectivity index (χ4n) is 1.63. The lowest BCUT2D eigenvalue weighted by atomic mass is 9.99. The van der Waals surface area contributed by atoms with Crippen molar-refractivity contribution in [1.82, 2.24) is 4.98 Å². The van der Waals surface area contributed by atoms with Crippen LogP contribution in [0.25, 0.3) is 0 Å². The molecule has 1 heterocycles. The summed E-state index contributed by atoms with van der Waals surface area (Å²) < 4.78 is 5.19. The molecule has 2 rings (SSSR count). The highest BCUT2D eigenvalue weighted by atomic mass is 35.5. The SMILES string of the molecule is COCC1(c2ccc(Cl)nc2)CC1. The molecule has 1 aliphatic rings. The van der Waals surface area contributed by atoms with Gasteiger partial charge in [0, 0.05) is 18.7 Å². The first-order valence-corrected chi connectivity index (χ1v) is 4.76. The number of aromatic nitrogens is 1. The molecule has 13 heavy (non-hydrogen) atoms. The van der Waals surface area contributed by atoms with Crippen molar-refractivity contribution >= 4 is 11.6 Å². The molecule has 0 saturated heterocycles.